The van der Waals surface area contributed by atoms with E-state index in [2.05, 4.69) is 4.98 Å². The van der Waals surface area contributed by atoms with E-state index in [1.165, 1.54) is 28.1 Å². The van der Waals surface area contributed by atoms with Crippen LogP contribution in [-0.2, 0) is 0 Å². The van der Waals surface area contributed by atoms with Gasteiger partial charge in [0.2, 0.25) is 0 Å². The van der Waals surface area contributed by atoms with Crippen LogP contribution in [0.4, 0.5) is 13.2 Å². The lowest BCUT2D eigenvalue weighted by atomic mass is 10.3. The van der Waals surface area contributed by atoms with Crippen molar-refractivity contribution < 1.29 is 23.1 Å². The normalized spacial score (nSPS) is 13.2. The summed E-state index contributed by atoms with van der Waals surface area (Å²) in [6, 6.07) is 1.83. The number of thiophene rings is 1. The van der Waals surface area contributed by atoms with Gasteiger partial charge in [-0.05, 0) is 11.4 Å². The molecule has 2 aromatic heterocycles. The van der Waals surface area contributed by atoms with Crippen molar-refractivity contribution in [3.05, 3.63) is 27.9 Å². The van der Waals surface area contributed by atoms with Crippen molar-refractivity contribution in [2.45, 2.75) is 12.3 Å². The maximum Gasteiger partial charge on any atom is 0.416 e. The van der Waals surface area contributed by atoms with E-state index in [0.29, 0.717) is 5.01 Å². The minimum Gasteiger partial charge on any atom is -0.382 e. The van der Waals surface area contributed by atoms with Crippen molar-refractivity contribution in [3.8, 4) is 10.6 Å². The molecule has 0 spiro atoms. The van der Waals surface area contributed by atoms with Crippen LogP contribution in [0.5, 0.6) is 0 Å². The summed E-state index contributed by atoms with van der Waals surface area (Å²) < 4.78 is 36.2. The van der Waals surface area contributed by atoms with Gasteiger partial charge in [-0.3, -0.25) is 4.79 Å². The monoisotopic (exact) mass is 322 g/mol. The minimum absolute atomic E-state index is 0.0329. The van der Waals surface area contributed by atoms with Crippen molar-refractivity contribution in [1.82, 2.24) is 10.3 Å². The van der Waals surface area contributed by atoms with Gasteiger partial charge in [-0.1, -0.05) is 0 Å². The van der Waals surface area contributed by atoms with Crippen molar-refractivity contribution in [2.75, 3.05) is 6.54 Å². The van der Waals surface area contributed by atoms with E-state index in [1.54, 1.807) is 0 Å². The molecule has 0 fully saturated rings. The van der Waals surface area contributed by atoms with E-state index >= 15 is 0 Å². The molecular formula is C11H9F3N2O2S2. The predicted octanol–water partition coefficient (Wildman–Crippen LogP) is 2.52. The first-order chi connectivity index (χ1) is 9.38. The summed E-state index contributed by atoms with van der Waals surface area (Å²) in [7, 11) is 0. The molecule has 0 radical (unpaired) electrons. The average molecular weight is 322 g/mol. The van der Waals surface area contributed by atoms with Gasteiger partial charge in [0.15, 0.2) is 6.10 Å². The van der Waals surface area contributed by atoms with E-state index in [4.69, 9.17) is 5.11 Å². The number of aliphatic hydroxyl groups excluding tert-OH is 1. The Morgan fingerprint density at radius 2 is 2.20 bits per heavy atom. The molecule has 4 nitrogen and oxygen atoms in total. The van der Waals surface area contributed by atoms with Crippen LogP contribution in [0.15, 0.2) is 22.2 Å². The zero-order chi connectivity index (χ0) is 14.8. The molecule has 1 amide bonds. The number of carbonyl (C=O) groups excluding carboxylic acids is 1. The topological polar surface area (TPSA) is 62.2 Å². The molecule has 0 saturated heterocycles. The number of carbonyl (C=O) groups is 1. The molecule has 2 heterocycles. The average Bonchev–Trinajstić information content (AvgIpc) is 3.03. The lowest BCUT2D eigenvalue weighted by Gasteiger charge is -2.14. The molecule has 0 saturated carbocycles. The fourth-order valence-electron chi connectivity index (χ4n) is 1.29. The maximum absolute atomic E-state index is 12.1. The number of thiazole rings is 1. The molecule has 0 aromatic carbocycles. The smallest absolute Gasteiger partial charge is 0.382 e. The molecule has 0 bridgehead atoms. The molecule has 1 unspecified atom stereocenters. The molecule has 0 aliphatic heterocycles. The Labute approximate surface area is 119 Å². The summed E-state index contributed by atoms with van der Waals surface area (Å²) in [5.41, 5.74) is 0.889. The van der Waals surface area contributed by atoms with Crippen LogP contribution in [0, 0.1) is 0 Å². The number of aromatic nitrogens is 1. The van der Waals surface area contributed by atoms with Gasteiger partial charge >= 0.3 is 6.18 Å². The van der Waals surface area contributed by atoms with Gasteiger partial charge < -0.3 is 10.4 Å². The molecule has 9 heteroatoms. The van der Waals surface area contributed by atoms with Crippen molar-refractivity contribution in [1.29, 1.82) is 0 Å². The van der Waals surface area contributed by atoms with Crippen LogP contribution in [0.25, 0.3) is 10.6 Å². The molecule has 2 rings (SSSR count). The third-order valence-electron chi connectivity index (χ3n) is 2.34. The highest BCUT2D eigenvalue weighted by Crippen LogP contribution is 2.25. The molecular weight excluding hydrogens is 313 g/mol. The first-order valence-corrected chi connectivity index (χ1v) is 7.21. The molecule has 2 N–H and O–H groups in total. The molecule has 20 heavy (non-hydrogen) atoms. The Morgan fingerprint density at radius 1 is 1.45 bits per heavy atom. The van der Waals surface area contributed by atoms with E-state index < -0.39 is 24.7 Å². The highest BCUT2D eigenvalue weighted by atomic mass is 32.1. The number of aliphatic hydroxyl groups is 1. The number of alkyl halides is 3. The Hall–Kier alpha value is -1.45. The molecule has 0 aliphatic carbocycles. The summed E-state index contributed by atoms with van der Waals surface area (Å²) in [5.74, 6) is -0.744. The van der Waals surface area contributed by atoms with Crippen molar-refractivity contribution >= 4 is 28.6 Å². The molecule has 108 valence electrons. The highest BCUT2D eigenvalue weighted by Gasteiger charge is 2.38. The predicted molar refractivity (Wildman–Crippen MR) is 69.8 cm³/mol. The van der Waals surface area contributed by atoms with Crippen molar-refractivity contribution in [2.24, 2.45) is 0 Å². The zero-order valence-corrected chi connectivity index (χ0v) is 11.5. The fourth-order valence-corrected chi connectivity index (χ4v) is 2.80. The van der Waals surface area contributed by atoms with Gasteiger partial charge in [0.1, 0.15) is 10.7 Å². The third-order valence-corrected chi connectivity index (χ3v) is 3.91. The number of hydrogen-bond acceptors (Lipinski definition) is 5. The minimum atomic E-state index is -4.75. The summed E-state index contributed by atoms with van der Waals surface area (Å²) in [6.07, 6.45) is -7.33. The fraction of sp³-hybridized carbons (Fsp3) is 0.273. The Morgan fingerprint density at radius 3 is 2.80 bits per heavy atom. The number of amides is 1. The van der Waals surface area contributed by atoms with Gasteiger partial charge in [0.05, 0.1) is 6.54 Å². The lowest BCUT2D eigenvalue weighted by Crippen LogP contribution is -2.40. The second kappa shape index (κ2) is 5.90. The standard InChI is InChI=1S/C11H9F3N2O2S2/c12-11(13,14)8(17)3-15-9(18)7-5-20-10(16-7)6-1-2-19-4-6/h1-2,4-5,8,17H,3H2,(H,15,18). The largest absolute Gasteiger partial charge is 0.416 e. The number of nitrogens with one attached hydrogen (secondary N) is 1. The van der Waals surface area contributed by atoms with Gasteiger partial charge in [-0.25, -0.2) is 4.98 Å². The molecule has 2 aromatic rings. The molecule has 0 aliphatic rings. The van der Waals surface area contributed by atoms with Crippen LogP contribution in [0.3, 0.4) is 0 Å². The second-order valence-corrected chi connectivity index (χ2v) is 5.46. The zero-order valence-electron chi connectivity index (χ0n) is 9.85. The Balaban J connectivity index is 1.97. The summed E-state index contributed by atoms with van der Waals surface area (Å²) in [6.45, 7) is -0.895. The van der Waals surface area contributed by atoms with E-state index in [0.717, 1.165) is 5.56 Å². The highest BCUT2D eigenvalue weighted by molar-refractivity contribution is 7.14. The Bertz CT molecular complexity index is 581. The summed E-state index contributed by atoms with van der Waals surface area (Å²) in [5, 5.41) is 16.6. The lowest BCUT2D eigenvalue weighted by molar-refractivity contribution is -0.201. The molecule has 1 atom stereocenters. The first-order valence-electron chi connectivity index (χ1n) is 5.39. The van der Waals surface area contributed by atoms with Gasteiger partial charge in [0.25, 0.3) is 5.91 Å². The van der Waals surface area contributed by atoms with E-state index in [1.807, 2.05) is 22.1 Å². The van der Waals surface area contributed by atoms with E-state index in [-0.39, 0.29) is 5.69 Å². The quantitative estimate of drug-likeness (QED) is 0.909. The summed E-state index contributed by atoms with van der Waals surface area (Å²) in [4.78, 5) is 15.7. The first kappa shape index (κ1) is 14.9. The van der Waals surface area contributed by atoms with Crippen LogP contribution < -0.4 is 5.32 Å². The van der Waals surface area contributed by atoms with Crippen LogP contribution in [-0.4, -0.2) is 34.8 Å². The third kappa shape index (κ3) is 3.56. The SMILES string of the molecule is O=C(NCC(O)C(F)(F)F)c1csc(-c2ccsc2)n1. The van der Waals surface area contributed by atoms with Gasteiger partial charge in [-0.2, -0.15) is 24.5 Å². The van der Waals surface area contributed by atoms with Crippen LogP contribution in [0.1, 0.15) is 10.5 Å². The Kier molecular flexibility index (Phi) is 4.41. The number of hydrogen-bond donors (Lipinski definition) is 2. The second-order valence-electron chi connectivity index (χ2n) is 3.82. The van der Waals surface area contributed by atoms with Gasteiger partial charge in [-0.15, -0.1) is 11.3 Å². The van der Waals surface area contributed by atoms with Crippen LogP contribution in [0.2, 0.25) is 0 Å². The number of nitrogens with zero attached hydrogens (tertiary/aromatic N) is 1. The maximum atomic E-state index is 12.1. The van der Waals surface area contributed by atoms with Gasteiger partial charge in [0, 0.05) is 16.3 Å². The van der Waals surface area contributed by atoms with Crippen LogP contribution >= 0.6 is 22.7 Å². The van der Waals surface area contributed by atoms with E-state index in [9.17, 15) is 18.0 Å². The van der Waals surface area contributed by atoms with Crippen molar-refractivity contribution in [3.63, 3.8) is 0 Å². The number of rotatable bonds is 4. The number of halogens is 3. The summed E-state index contributed by atoms with van der Waals surface area (Å²) >= 11 is 2.70.